The van der Waals surface area contributed by atoms with Gasteiger partial charge in [0.05, 0.1) is 5.92 Å². The third-order valence-corrected chi connectivity index (χ3v) is 4.97. The number of nitrogens with zero attached hydrogens (tertiary/aromatic N) is 1. The molecule has 1 heterocycles. The number of nitrogens with one attached hydrogen (secondary N) is 1. The van der Waals surface area contributed by atoms with Crippen LogP contribution in [0.15, 0.2) is 48.5 Å². The van der Waals surface area contributed by atoms with Crippen molar-refractivity contribution in [1.82, 2.24) is 4.90 Å². The Morgan fingerprint density at radius 2 is 2.04 bits per heavy atom. The molecule has 0 aliphatic carbocycles. The van der Waals surface area contributed by atoms with Gasteiger partial charge in [-0.2, -0.15) is 0 Å². The monoisotopic (exact) mass is 342 g/mol. The zero-order valence-corrected chi connectivity index (χ0v) is 14.7. The van der Waals surface area contributed by atoms with Crippen LogP contribution >= 0.6 is 11.6 Å². The van der Waals surface area contributed by atoms with Crippen molar-refractivity contribution < 1.29 is 4.79 Å². The Balaban J connectivity index is 1.59. The smallest absolute Gasteiger partial charge is 0.228 e. The predicted molar refractivity (Wildman–Crippen MR) is 99.3 cm³/mol. The molecule has 4 heteroatoms. The van der Waals surface area contributed by atoms with E-state index in [0.29, 0.717) is 5.02 Å². The van der Waals surface area contributed by atoms with E-state index in [9.17, 15) is 4.79 Å². The van der Waals surface area contributed by atoms with Crippen LogP contribution in [-0.4, -0.2) is 23.9 Å². The van der Waals surface area contributed by atoms with Gasteiger partial charge in [-0.25, -0.2) is 0 Å². The summed E-state index contributed by atoms with van der Waals surface area (Å²) < 4.78 is 0. The van der Waals surface area contributed by atoms with Gasteiger partial charge in [-0.15, -0.1) is 0 Å². The minimum absolute atomic E-state index is 0.0301. The second kappa shape index (κ2) is 7.82. The van der Waals surface area contributed by atoms with Gasteiger partial charge in [0.2, 0.25) is 5.91 Å². The van der Waals surface area contributed by atoms with Crippen molar-refractivity contribution in [3.8, 4) is 0 Å². The maximum Gasteiger partial charge on any atom is 0.228 e. The Kier molecular flexibility index (Phi) is 5.54. The van der Waals surface area contributed by atoms with E-state index in [0.717, 1.165) is 43.7 Å². The van der Waals surface area contributed by atoms with Gasteiger partial charge in [0.1, 0.15) is 0 Å². The molecule has 0 radical (unpaired) electrons. The quantitative estimate of drug-likeness (QED) is 0.887. The van der Waals surface area contributed by atoms with Gasteiger partial charge in [-0.3, -0.25) is 9.69 Å². The fraction of sp³-hybridized carbons (Fsp3) is 0.350. The normalized spacial score (nSPS) is 18.3. The molecule has 0 bridgehead atoms. The summed E-state index contributed by atoms with van der Waals surface area (Å²) in [7, 11) is 0. The van der Waals surface area contributed by atoms with Crippen molar-refractivity contribution in [2.45, 2.75) is 26.3 Å². The molecule has 126 valence electrons. The van der Waals surface area contributed by atoms with E-state index in [1.165, 1.54) is 5.56 Å². The van der Waals surface area contributed by atoms with Gasteiger partial charge in [-0.05, 0) is 49.6 Å². The zero-order valence-electron chi connectivity index (χ0n) is 14.0. The molecule has 0 unspecified atom stereocenters. The number of halogens is 1. The van der Waals surface area contributed by atoms with Crippen LogP contribution in [0.5, 0.6) is 0 Å². The summed E-state index contributed by atoms with van der Waals surface area (Å²) in [5.74, 6) is 0.121. The van der Waals surface area contributed by atoms with Crippen molar-refractivity contribution in [3.05, 3.63) is 64.7 Å². The summed E-state index contributed by atoms with van der Waals surface area (Å²) >= 11 is 6.14. The number of piperidine rings is 1. The van der Waals surface area contributed by atoms with E-state index in [-0.39, 0.29) is 11.8 Å². The lowest BCUT2D eigenvalue weighted by molar-refractivity contribution is -0.121. The number of likely N-dealkylation sites (tertiary alicyclic amines) is 1. The lowest BCUT2D eigenvalue weighted by Gasteiger charge is -2.32. The van der Waals surface area contributed by atoms with Gasteiger partial charge in [-0.1, -0.05) is 48.0 Å². The van der Waals surface area contributed by atoms with Crippen molar-refractivity contribution >= 4 is 23.2 Å². The first kappa shape index (κ1) is 17.0. The first-order valence-electron chi connectivity index (χ1n) is 8.45. The largest absolute Gasteiger partial charge is 0.326 e. The molecule has 1 N–H and O–H groups in total. The summed E-state index contributed by atoms with van der Waals surface area (Å²) in [4.78, 5) is 14.9. The first-order chi connectivity index (χ1) is 11.6. The molecule has 1 aliphatic heterocycles. The molecular weight excluding hydrogens is 320 g/mol. The van der Waals surface area contributed by atoms with E-state index in [4.69, 9.17) is 11.6 Å². The third-order valence-electron chi connectivity index (χ3n) is 4.56. The highest BCUT2D eigenvalue weighted by atomic mass is 35.5. The Labute approximate surface area is 148 Å². The topological polar surface area (TPSA) is 32.3 Å². The summed E-state index contributed by atoms with van der Waals surface area (Å²) in [6, 6.07) is 16.1. The number of anilines is 1. The van der Waals surface area contributed by atoms with Crippen molar-refractivity contribution in [1.29, 1.82) is 0 Å². The average Bonchev–Trinajstić information content (AvgIpc) is 2.59. The van der Waals surface area contributed by atoms with Gasteiger partial charge in [0, 0.05) is 23.8 Å². The Morgan fingerprint density at radius 3 is 2.79 bits per heavy atom. The molecule has 0 saturated carbocycles. The molecule has 0 aromatic heterocycles. The summed E-state index contributed by atoms with van der Waals surface area (Å²) in [6.07, 6.45) is 2.00. The lowest BCUT2D eigenvalue weighted by Crippen LogP contribution is -2.40. The molecule has 1 aliphatic rings. The fourth-order valence-electron chi connectivity index (χ4n) is 3.17. The minimum atomic E-state index is 0.0301. The molecule has 2 aromatic rings. The van der Waals surface area contributed by atoms with Crippen LogP contribution in [0.25, 0.3) is 0 Å². The number of carbonyl (C=O) groups is 1. The second-order valence-electron chi connectivity index (χ2n) is 6.51. The maximum absolute atomic E-state index is 12.6. The molecule has 1 atom stereocenters. The number of benzene rings is 2. The molecule has 24 heavy (non-hydrogen) atoms. The van der Waals surface area contributed by atoms with Crippen LogP contribution in [0.1, 0.15) is 24.0 Å². The second-order valence-corrected chi connectivity index (χ2v) is 6.92. The molecule has 0 spiro atoms. The number of amides is 1. The Bertz CT molecular complexity index is 702. The van der Waals surface area contributed by atoms with Crippen LogP contribution in [0.2, 0.25) is 5.02 Å². The van der Waals surface area contributed by atoms with E-state index in [1.807, 2.05) is 31.2 Å². The molecule has 2 aromatic carbocycles. The molecule has 1 fully saturated rings. The number of carbonyl (C=O) groups excluding carboxylic acids is 1. The van der Waals surface area contributed by atoms with Crippen LogP contribution in [0.4, 0.5) is 5.69 Å². The first-order valence-corrected chi connectivity index (χ1v) is 8.83. The molecule has 3 nitrogen and oxygen atoms in total. The van der Waals surface area contributed by atoms with E-state index in [1.54, 1.807) is 0 Å². The Morgan fingerprint density at radius 1 is 1.25 bits per heavy atom. The fourth-order valence-corrected chi connectivity index (χ4v) is 3.35. The van der Waals surface area contributed by atoms with Crippen LogP contribution in [0.3, 0.4) is 0 Å². The van der Waals surface area contributed by atoms with Crippen LogP contribution in [0, 0.1) is 12.8 Å². The molecule has 1 amide bonds. The number of rotatable bonds is 4. The van der Waals surface area contributed by atoms with E-state index >= 15 is 0 Å². The summed E-state index contributed by atoms with van der Waals surface area (Å²) in [5.41, 5.74) is 3.08. The number of aryl methyl sites for hydroxylation is 1. The molecule has 1 saturated heterocycles. The highest BCUT2D eigenvalue weighted by Gasteiger charge is 2.25. The third kappa shape index (κ3) is 4.37. The van der Waals surface area contributed by atoms with E-state index in [2.05, 4.69) is 34.5 Å². The van der Waals surface area contributed by atoms with Crippen molar-refractivity contribution in [2.24, 2.45) is 5.92 Å². The maximum atomic E-state index is 12.6. The lowest BCUT2D eigenvalue weighted by atomic mass is 9.96. The van der Waals surface area contributed by atoms with Gasteiger partial charge >= 0.3 is 0 Å². The highest BCUT2D eigenvalue weighted by Crippen LogP contribution is 2.23. The number of hydrogen-bond acceptors (Lipinski definition) is 2. The highest BCUT2D eigenvalue weighted by molar-refractivity contribution is 6.31. The standard InChI is InChI=1S/C20H23ClN2O/c1-15-9-10-18(12-19(15)21)22-20(24)17-8-5-11-23(14-17)13-16-6-3-2-4-7-16/h2-4,6-7,9-10,12,17H,5,8,11,13-14H2,1H3,(H,22,24)/t17-/m1/s1. The zero-order chi connectivity index (χ0) is 16.9. The van der Waals surface area contributed by atoms with Gasteiger partial charge in [0.25, 0.3) is 0 Å². The minimum Gasteiger partial charge on any atom is -0.326 e. The van der Waals surface area contributed by atoms with Crippen molar-refractivity contribution in [2.75, 3.05) is 18.4 Å². The van der Waals surface area contributed by atoms with Crippen LogP contribution in [-0.2, 0) is 11.3 Å². The Hall–Kier alpha value is -1.84. The number of hydrogen-bond donors (Lipinski definition) is 1. The van der Waals surface area contributed by atoms with Crippen LogP contribution < -0.4 is 5.32 Å². The predicted octanol–water partition coefficient (Wildman–Crippen LogP) is 4.50. The molecular formula is C20H23ClN2O. The summed E-state index contributed by atoms with van der Waals surface area (Å²) in [6.45, 7) is 4.72. The molecule has 3 rings (SSSR count). The van der Waals surface area contributed by atoms with Gasteiger partial charge in [0.15, 0.2) is 0 Å². The average molecular weight is 343 g/mol. The summed E-state index contributed by atoms with van der Waals surface area (Å²) in [5, 5.41) is 3.70. The SMILES string of the molecule is Cc1ccc(NC(=O)[C@@H]2CCCN(Cc3ccccc3)C2)cc1Cl. The van der Waals surface area contributed by atoms with Gasteiger partial charge < -0.3 is 5.32 Å². The van der Waals surface area contributed by atoms with Crippen molar-refractivity contribution in [3.63, 3.8) is 0 Å². The van der Waals surface area contributed by atoms with E-state index < -0.39 is 0 Å².